The van der Waals surface area contributed by atoms with Crippen molar-refractivity contribution in [3.63, 3.8) is 0 Å². The van der Waals surface area contributed by atoms with Gasteiger partial charge >= 0.3 is 0 Å². The van der Waals surface area contributed by atoms with E-state index in [2.05, 4.69) is 42.3 Å². The first-order chi connectivity index (χ1) is 18.3. The van der Waals surface area contributed by atoms with Gasteiger partial charge in [-0.05, 0) is 32.1 Å². The summed E-state index contributed by atoms with van der Waals surface area (Å²) in [6, 6.07) is 0. The van der Waals surface area contributed by atoms with Crippen LogP contribution in [0.2, 0.25) is 0 Å². The molecule has 0 saturated carbocycles. The Hall–Kier alpha value is -0.790. The summed E-state index contributed by atoms with van der Waals surface area (Å²) < 4.78 is 5.20. The first-order valence-electron chi connectivity index (χ1n) is 17.4. The highest BCUT2D eigenvalue weighted by atomic mass is 15.1. The predicted molar refractivity (Wildman–Crippen MR) is 165 cm³/mol. The molecule has 2 heteroatoms. The molecule has 0 amide bonds. The van der Waals surface area contributed by atoms with Crippen molar-refractivity contribution in [2.75, 3.05) is 0 Å². The molecular formula is C35H69N2+. The van der Waals surface area contributed by atoms with Gasteiger partial charge in [-0.15, -0.1) is 0 Å². The predicted octanol–water partition coefficient (Wildman–Crippen LogP) is 11.5. The number of hydrogen-bond acceptors (Lipinski definition) is 0. The highest BCUT2D eigenvalue weighted by molar-refractivity contribution is 4.84. The molecule has 1 aromatic heterocycles. The third-order valence-corrected chi connectivity index (χ3v) is 8.35. The Morgan fingerprint density at radius 3 is 1.30 bits per heavy atom. The van der Waals surface area contributed by atoms with Crippen LogP contribution in [0.15, 0.2) is 12.4 Å². The molecule has 0 aromatic carbocycles. The number of aryl methyl sites for hydroxylation is 2. The molecule has 1 aromatic rings. The zero-order valence-corrected chi connectivity index (χ0v) is 26.1. The largest absolute Gasteiger partial charge is 0.256 e. The van der Waals surface area contributed by atoms with E-state index in [1.165, 1.54) is 186 Å². The van der Waals surface area contributed by atoms with Crippen LogP contribution in [-0.4, -0.2) is 4.57 Å². The molecule has 0 aliphatic carbocycles. The fraction of sp³-hybridized carbons (Fsp3) is 0.914. The van der Waals surface area contributed by atoms with Gasteiger partial charge < -0.3 is 0 Å². The maximum Gasteiger partial charge on any atom is 0.256 e. The van der Waals surface area contributed by atoms with Crippen molar-refractivity contribution >= 4 is 0 Å². The highest BCUT2D eigenvalue weighted by Gasteiger charge is 2.16. The van der Waals surface area contributed by atoms with E-state index in [9.17, 15) is 0 Å². The van der Waals surface area contributed by atoms with Crippen LogP contribution in [0.3, 0.4) is 0 Å². The minimum atomic E-state index is 1.22. The van der Waals surface area contributed by atoms with Gasteiger partial charge in [0.1, 0.15) is 12.4 Å². The van der Waals surface area contributed by atoms with Crippen LogP contribution in [0, 0.1) is 0 Å². The quantitative estimate of drug-likeness (QED) is 0.0737. The molecule has 0 aliphatic heterocycles. The Morgan fingerprint density at radius 2 is 0.838 bits per heavy atom. The average molecular weight is 518 g/mol. The summed E-state index contributed by atoms with van der Waals surface area (Å²) in [5.74, 6) is 1.60. The molecule has 0 N–H and O–H groups in total. The summed E-state index contributed by atoms with van der Waals surface area (Å²) in [6.45, 7) is 9.38. The van der Waals surface area contributed by atoms with E-state index < -0.39 is 0 Å². The van der Waals surface area contributed by atoms with Crippen molar-refractivity contribution in [1.29, 1.82) is 0 Å². The van der Waals surface area contributed by atoms with Crippen molar-refractivity contribution in [2.45, 2.75) is 207 Å². The number of rotatable bonds is 29. The normalized spacial score (nSPS) is 11.5. The Labute approximate surface area is 234 Å². The van der Waals surface area contributed by atoms with Crippen molar-refractivity contribution < 1.29 is 4.57 Å². The SMILES string of the molecule is CCCCCCCCCCCCCCCCCC[n+]1ccn(CCCCCCCC)c1CCCCCC. The molecule has 0 spiro atoms. The van der Waals surface area contributed by atoms with Crippen molar-refractivity contribution in [3.05, 3.63) is 18.2 Å². The molecule has 1 rings (SSSR count). The minimum Gasteiger partial charge on any atom is -0.234 e. The lowest BCUT2D eigenvalue weighted by Gasteiger charge is -2.07. The maximum absolute atomic E-state index is 2.60. The standard InChI is InChI=1S/C35H69N2/c1-4-7-10-13-15-16-17-18-19-20-21-22-23-24-26-29-32-37-34-33-36(31-28-25-14-11-8-5-2)35(37)30-27-12-9-6-3/h33-34H,4-32H2,1-3H3/q+1. The topological polar surface area (TPSA) is 8.81 Å². The molecule has 0 bridgehead atoms. The summed E-state index contributed by atoms with van der Waals surface area (Å²) >= 11 is 0. The van der Waals surface area contributed by atoms with E-state index in [0.717, 1.165) is 0 Å². The Kier molecular flexibility index (Phi) is 24.8. The zero-order valence-electron chi connectivity index (χ0n) is 26.1. The second-order valence-corrected chi connectivity index (χ2v) is 12.0. The number of imidazole rings is 1. The Morgan fingerprint density at radius 1 is 0.459 bits per heavy atom. The molecule has 1 heterocycles. The first kappa shape index (κ1) is 34.2. The molecule has 0 aliphatic rings. The first-order valence-corrected chi connectivity index (χ1v) is 17.4. The van der Waals surface area contributed by atoms with E-state index in [0.29, 0.717) is 0 Å². The van der Waals surface area contributed by atoms with Crippen molar-refractivity contribution in [1.82, 2.24) is 4.57 Å². The van der Waals surface area contributed by atoms with Crippen LogP contribution < -0.4 is 4.57 Å². The van der Waals surface area contributed by atoms with Gasteiger partial charge in [0.15, 0.2) is 0 Å². The van der Waals surface area contributed by atoms with E-state index in [4.69, 9.17) is 0 Å². The summed E-state index contributed by atoms with van der Waals surface area (Å²) in [5.41, 5.74) is 0. The molecule has 0 radical (unpaired) electrons. The fourth-order valence-corrected chi connectivity index (χ4v) is 5.80. The Balaban J connectivity index is 2.13. The van der Waals surface area contributed by atoms with E-state index in [-0.39, 0.29) is 0 Å². The second kappa shape index (κ2) is 26.8. The van der Waals surface area contributed by atoms with Crippen LogP contribution in [-0.2, 0) is 19.5 Å². The van der Waals surface area contributed by atoms with Crippen LogP contribution in [0.5, 0.6) is 0 Å². The zero-order chi connectivity index (χ0) is 26.7. The monoisotopic (exact) mass is 518 g/mol. The van der Waals surface area contributed by atoms with Gasteiger partial charge in [0.2, 0.25) is 0 Å². The molecule has 218 valence electrons. The van der Waals surface area contributed by atoms with Gasteiger partial charge in [0, 0.05) is 6.42 Å². The highest BCUT2D eigenvalue weighted by Crippen LogP contribution is 2.14. The van der Waals surface area contributed by atoms with Gasteiger partial charge in [0.25, 0.3) is 5.82 Å². The lowest BCUT2D eigenvalue weighted by atomic mass is 10.0. The fourth-order valence-electron chi connectivity index (χ4n) is 5.80. The third kappa shape index (κ3) is 19.9. The number of hydrogen-bond donors (Lipinski definition) is 0. The van der Waals surface area contributed by atoms with E-state index in [1.54, 1.807) is 5.82 Å². The second-order valence-electron chi connectivity index (χ2n) is 12.0. The Bertz CT molecular complexity index is 576. The molecule has 0 unspecified atom stereocenters. The number of aromatic nitrogens is 2. The molecule has 2 nitrogen and oxygen atoms in total. The van der Waals surface area contributed by atoms with E-state index >= 15 is 0 Å². The van der Waals surface area contributed by atoms with Crippen LogP contribution >= 0.6 is 0 Å². The van der Waals surface area contributed by atoms with E-state index in [1.807, 2.05) is 0 Å². The van der Waals surface area contributed by atoms with Crippen LogP contribution in [0.4, 0.5) is 0 Å². The molecule has 0 fully saturated rings. The number of unbranched alkanes of at least 4 members (excludes halogenated alkanes) is 23. The molecule has 0 saturated heterocycles. The lowest BCUT2D eigenvalue weighted by Crippen LogP contribution is -2.37. The van der Waals surface area contributed by atoms with Crippen LogP contribution in [0.25, 0.3) is 0 Å². The van der Waals surface area contributed by atoms with Gasteiger partial charge in [0.05, 0.1) is 13.1 Å². The van der Waals surface area contributed by atoms with Gasteiger partial charge in [-0.3, -0.25) is 0 Å². The van der Waals surface area contributed by atoms with Gasteiger partial charge in [-0.1, -0.05) is 156 Å². The summed E-state index contributed by atoms with van der Waals surface area (Å²) in [4.78, 5) is 0. The molecule has 37 heavy (non-hydrogen) atoms. The van der Waals surface area contributed by atoms with Crippen molar-refractivity contribution in [2.24, 2.45) is 0 Å². The van der Waals surface area contributed by atoms with Crippen molar-refractivity contribution in [3.8, 4) is 0 Å². The number of nitrogens with zero attached hydrogens (tertiary/aromatic N) is 2. The third-order valence-electron chi connectivity index (χ3n) is 8.35. The maximum atomic E-state index is 2.60. The lowest BCUT2D eigenvalue weighted by molar-refractivity contribution is -0.704. The molecular weight excluding hydrogens is 448 g/mol. The smallest absolute Gasteiger partial charge is 0.234 e. The van der Waals surface area contributed by atoms with Gasteiger partial charge in [-0.2, -0.15) is 0 Å². The van der Waals surface area contributed by atoms with Crippen LogP contribution in [0.1, 0.15) is 194 Å². The van der Waals surface area contributed by atoms with Gasteiger partial charge in [-0.25, -0.2) is 9.13 Å². The average Bonchev–Trinajstić information content (AvgIpc) is 3.29. The minimum absolute atomic E-state index is 1.22. The molecule has 0 atom stereocenters. The summed E-state index contributed by atoms with van der Waals surface area (Å²) in [6.07, 6.45) is 43.0. The summed E-state index contributed by atoms with van der Waals surface area (Å²) in [5, 5.41) is 0. The summed E-state index contributed by atoms with van der Waals surface area (Å²) in [7, 11) is 0.